The number of fused-ring (bicyclic) bond motifs is 1. The second kappa shape index (κ2) is 4.31. The van der Waals surface area contributed by atoms with Crippen LogP contribution in [0.5, 0.6) is 0 Å². The van der Waals surface area contributed by atoms with Crippen molar-refractivity contribution in [1.82, 2.24) is 14.1 Å². The number of aromatic nitrogens is 3. The first-order valence-electron chi connectivity index (χ1n) is 6.06. The molecule has 2 heterocycles. The van der Waals surface area contributed by atoms with E-state index < -0.39 is 0 Å². The number of nitrogens with two attached hydrogens (primary N) is 1. The van der Waals surface area contributed by atoms with Crippen LogP contribution in [0.4, 0.5) is 0 Å². The highest BCUT2D eigenvalue weighted by Gasteiger charge is 2.10. The van der Waals surface area contributed by atoms with Gasteiger partial charge in [-0.3, -0.25) is 0 Å². The fraction of sp³-hybridized carbons (Fsp3) is 0.214. The predicted molar refractivity (Wildman–Crippen MR) is 73.2 cm³/mol. The Kier molecular flexibility index (Phi) is 2.64. The molecule has 4 heteroatoms. The molecule has 0 atom stereocenters. The van der Waals surface area contributed by atoms with E-state index in [0.29, 0.717) is 6.54 Å². The molecule has 2 aromatic heterocycles. The van der Waals surface area contributed by atoms with E-state index in [1.165, 1.54) is 16.5 Å². The van der Waals surface area contributed by atoms with E-state index in [2.05, 4.69) is 53.3 Å². The third-order valence-corrected chi connectivity index (χ3v) is 3.19. The van der Waals surface area contributed by atoms with Crippen LogP contribution in [0.2, 0.25) is 0 Å². The normalized spacial score (nSPS) is 11.2. The Morgan fingerprint density at radius 2 is 2.06 bits per heavy atom. The zero-order valence-electron chi connectivity index (χ0n) is 10.4. The first kappa shape index (κ1) is 11.0. The summed E-state index contributed by atoms with van der Waals surface area (Å²) in [6, 6.07) is 8.37. The van der Waals surface area contributed by atoms with Gasteiger partial charge in [0.05, 0.1) is 12.0 Å². The summed E-state index contributed by atoms with van der Waals surface area (Å²) >= 11 is 0. The van der Waals surface area contributed by atoms with E-state index >= 15 is 0 Å². The van der Waals surface area contributed by atoms with Crippen LogP contribution < -0.4 is 5.73 Å². The first-order valence-corrected chi connectivity index (χ1v) is 6.06. The number of hydrogen-bond donors (Lipinski definition) is 1. The molecule has 0 bridgehead atoms. The largest absolute Gasteiger partial charge is 0.350 e. The van der Waals surface area contributed by atoms with Crippen LogP contribution in [0.25, 0.3) is 22.2 Å². The Hall–Kier alpha value is -2.07. The summed E-state index contributed by atoms with van der Waals surface area (Å²) in [5, 5.41) is 1.23. The van der Waals surface area contributed by atoms with Crippen molar-refractivity contribution >= 4 is 10.9 Å². The van der Waals surface area contributed by atoms with E-state index in [0.717, 1.165) is 12.2 Å². The van der Waals surface area contributed by atoms with E-state index in [1.807, 2.05) is 10.9 Å². The van der Waals surface area contributed by atoms with Crippen molar-refractivity contribution in [1.29, 1.82) is 0 Å². The standard InChI is InChI=1S/C14H16N4/c1-17-8-12(11-4-2-3-5-14(11)17)13-9-18(7-6-15)10-16-13/h2-5,8-10H,6-7,15H2,1H3. The second-order valence-electron chi connectivity index (χ2n) is 4.46. The third kappa shape index (κ3) is 1.71. The van der Waals surface area contributed by atoms with Gasteiger partial charge in [0, 0.05) is 49.0 Å². The fourth-order valence-electron chi connectivity index (χ4n) is 2.32. The quantitative estimate of drug-likeness (QED) is 0.761. The average molecular weight is 240 g/mol. The highest BCUT2D eigenvalue weighted by atomic mass is 15.0. The lowest BCUT2D eigenvalue weighted by molar-refractivity contribution is 0.708. The van der Waals surface area contributed by atoms with E-state index in [4.69, 9.17) is 5.73 Å². The van der Waals surface area contributed by atoms with Crippen molar-refractivity contribution in [3.8, 4) is 11.3 Å². The number of aryl methyl sites for hydroxylation is 1. The molecule has 2 N–H and O–H groups in total. The fourth-order valence-corrected chi connectivity index (χ4v) is 2.32. The number of para-hydroxylation sites is 1. The summed E-state index contributed by atoms with van der Waals surface area (Å²) in [6.45, 7) is 1.43. The molecule has 3 rings (SSSR count). The maximum absolute atomic E-state index is 5.55. The molecule has 1 aromatic carbocycles. The highest BCUT2D eigenvalue weighted by Crippen LogP contribution is 2.28. The zero-order chi connectivity index (χ0) is 12.5. The molecule has 0 saturated heterocycles. The van der Waals surface area contributed by atoms with Crippen molar-refractivity contribution in [3.05, 3.63) is 43.0 Å². The lowest BCUT2D eigenvalue weighted by Crippen LogP contribution is -2.07. The van der Waals surface area contributed by atoms with Gasteiger partial charge in [0.2, 0.25) is 0 Å². The zero-order valence-corrected chi connectivity index (χ0v) is 10.4. The van der Waals surface area contributed by atoms with Gasteiger partial charge in [-0.15, -0.1) is 0 Å². The Morgan fingerprint density at radius 1 is 1.22 bits per heavy atom. The van der Waals surface area contributed by atoms with Crippen molar-refractivity contribution in [2.24, 2.45) is 12.8 Å². The van der Waals surface area contributed by atoms with Crippen molar-refractivity contribution in [2.45, 2.75) is 6.54 Å². The Balaban J connectivity index is 2.13. The minimum atomic E-state index is 0.630. The summed E-state index contributed by atoms with van der Waals surface area (Å²) in [5.41, 5.74) is 8.94. The summed E-state index contributed by atoms with van der Waals surface area (Å²) < 4.78 is 4.16. The molecule has 0 aliphatic carbocycles. The van der Waals surface area contributed by atoms with Gasteiger partial charge in [0.1, 0.15) is 0 Å². The van der Waals surface area contributed by atoms with Gasteiger partial charge < -0.3 is 14.9 Å². The summed E-state index contributed by atoms with van der Waals surface area (Å²) in [6.07, 6.45) is 6.01. The lowest BCUT2D eigenvalue weighted by Gasteiger charge is -1.96. The Morgan fingerprint density at radius 3 is 2.89 bits per heavy atom. The maximum Gasteiger partial charge on any atom is 0.0954 e. The predicted octanol–water partition coefficient (Wildman–Crippen LogP) is 2.00. The molecule has 0 aliphatic rings. The maximum atomic E-state index is 5.55. The summed E-state index contributed by atoms with van der Waals surface area (Å²) in [5.74, 6) is 0. The molecule has 0 fully saturated rings. The molecule has 0 unspecified atom stereocenters. The van der Waals surface area contributed by atoms with Gasteiger partial charge in [-0.1, -0.05) is 18.2 Å². The number of rotatable bonds is 3. The lowest BCUT2D eigenvalue weighted by atomic mass is 10.1. The number of nitrogens with zero attached hydrogens (tertiary/aromatic N) is 3. The number of imidazole rings is 1. The van der Waals surface area contributed by atoms with Crippen molar-refractivity contribution in [3.63, 3.8) is 0 Å². The van der Waals surface area contributed by atoms with Crippen molar-refractivity contribution in [2.75, 3.05) is 6.54 Å². The van der Waals surface area contributed by atoms with Crippen LogP contribution in [0.15, 0.2) is 43.0 Å². The van der Waals surface area contributed by atoms with Crippen LogP contribution in [0.3, 0.4) is 0 Å². The molecule has 92 valence electrons. The second-order valence-corrected chi connectivity index (χ2v) is 4.46. The Bertz CT molecular complexity index is 678. The molecular weight excluding hydrogens is 224 g/mol. The summed E-state index contributed by atoms with van der Waals surface area (Å²) in [4.78, 5) is 4.46. The molecule has 0 saturated carbocycles. The van der Waals surface area contributed by atoms with Crippen molar-refractivity contribution < 1.29 is 0 Å². The SMILES string of the molecule is Cn1cc(-c2cn(CCN)cn2)c2ccccc21. The molecule has 4 nitrogen and oxygen atoms in total. The molecule has 3 aromatic rings. The molecule has 18 heavy (non-hydrogen) atoms. The van der Waals surface area contributed by atoms with Gasteiger partial charge >= 0.3 is 0 Å². The molecule has 0 amide bonds. The molecule has 0 aliphatic heterocycles. The molecule has 0 spiro atoms. The van der Waals surface area contributed by atoms with Gasteiger partial charge in [-0.25, -0.2) is 4.98 Å². The first-order chi connectivity index (χ1) is 8.79. The Labute approximate surface area is 106 Å². The van der Waals surface area contributed by atoms with E-state index in [1.54, 1.807) is 0 Å². The topological polar surface area (TPSA) is 48.8 Å². The molecule has 0 radical (unpaired) electrons. The third-order valence-electron chi connectivity index (χ3n) is 3.19. The average Bonchev–Trinajstić information content (AvgIpc) is 2.96. The van der Waals surface area contributed by atoms with E-state index in [-0.39, 0.29) is 0 Å². The number of benzene rings is 1. The number of hydrogen-bond acceptors (Lipinski definition) is 2. The van der Waals surface area contributed by atoms with Crippen LogP contribution in [0, 0.1) is 0 Å². The van der Waals surface area contributed by atoms with Gasteiger partial charge in [-0.05, 0) is 6.07 Å². The minimum Gasteiger partial charge on any atom is -0.350 e. The van der Waals surface area contributed by atoms with Crippen LogP contribution in [0.1, 0.15) is 0 Å². The molecular formula is C14H16N4. The minimum absolute atomic E-state index is 0.630. The van der Waals surface area contributed by atoms with Crippen LogP contribution in [-0.4, -0.2) is 20.7 Å². The van der Waals surface area contributed by atoms with E-state index in [9.17, 15) is 0 Å². The van der Waals surface area contributed by atoms with Gasteiger partial charge in [0.25, 0.3) is 0 Å². The summed E-state index contributed by atoms with van der Waals surface area (Å²) in [7, 11) is 2.06. The smallest absolute Gasteiger partial charge is 0.0954 e. The van der Waals surface area contributed by atoms with Gasteiger partial charge in [-0.2, -0.15) is 0 Å². The van der Waals surface area contributed by atoms with Crippen LogP contribution >= 0.6 is 0 Å². The van der Waals surface area contributed by atoms with Gasteiger partial charge in [0.15, 0.2) is 0 Å². The highest BCUT2D eigenvalue weighted by molar-refractivity contribution is 5.94. The van der Waals surface area contributed by atoms with Crippen LogP contribution in [-0.2, 0) is 13.6 Å². The monoisotopic (exact) mass is 240 g/mol.